The Balaban J connectivity index is 0.000000523. The molecule has 2 aliphatic rings. The number of hydrogen-bond donors (Lipinski definition) is 2. The monoisotopic (exact) mass is 464 g/mol. The van der Waals surface area contributed by atoms with Gasteiger partial charge < -0.3 is 14.7 Å². The van der Waals surface area contributed by atoms with Crippen LogP contribution in [0.2, 0.25) is 0 Å². The second-order valence-corrected chi connectivity index (χ2v) is 9.10. The van der Waals surface area contributed by atoms with Gasteiger partial charge in [-0.25, -0.2) is 4.39 Å². The van der Waals surface area contributed by atoms with Crippen LogP contribution in [0.25, 0.3) is 5.57 Å². The molecule has 0 aliphatic carbocycles. The maximum absolute atomic E-state index is 13.8. The van der Waals surface area contributed by atoms with Crippen molar-refractivity contribution in [1.82, 2.24) is 9.88 Å². The fourth-order valence-electron chi connectivity index (χ4n) is 3.79. The minimum Gasteiger partial charge on any atom is -0.488 e. The van der Waals surface area contributed by atoms with Gasteiger partial charge in [0.15, 0.2) is 0 Å². The molecule has 2 aliphatic heterocycles. The quantitative estimate of drug-likeness (QED) is 0.666. The average molecular weight is 465 g/mol. The molecule has 3 heterocycles. The Bertz CT molecular complexity index is 1110. The van der Waals surface area contributed by atoms with E-state index in [1.807, 2.05) is 12.1 Å². The van der Waals surface area contributed by atoms with Crippen LogP contribution in [0.4, 0.5) is 4.39 Å². The minimum absolute atomic E-state index is 0.159. The van der Waals surface area contributed by atoms with Crippen molar-refractivity contribution in [1.29, 1.82) is 0 Å². The lowest BCUT2D eigenvalue weighted by Crippen LogP contribution is -2.33. The molecular formula is C22H25FN2O6S. The van der Waals surface area contributed by atoms with Crippen LogP contribution in [0.3, 0.4) is 0 Å². The molecule has 2 N–H and O–H groups in total. The van der Waals surface area contributed by atoms with Crippen LogP contribution in [0.5, 0.6) is 5.75 Å². The number of likely N-dealkylation sites (tertiary alicyclic amines) is 1. The highest BCUT2D eigenvalue weighted by Crippen LogP contribution is 2.40. The van der Waals surface area contributed by atoms with Gasteiger partial charge in [-0.2, -0.15) is 8.42 Å². The molecule has 1 aromatic carbocycles. The predicted molar refractivity (Wildman–Crippen MR) is 116 cm³/mol. The van der Waals surface area contributed by atoms with Gasteiger partial charge in [0.2, 0.25) is 0 Å². The molecular weight excluding hydrogens is 439 g/mol. The highest BCUT2D eigenvalue weighted by molar-refractivity contribution is 7.85. The number of halogens is 1. The molecule has 172 valence electrons. The van der Waals surface area contributed by atoms with Gasteiger partial charge in [0.05, 0.1) is 18.4 Å². The van der Waals surface area contributed by atoms with Crippen molar-refractivity contribution in [2.45, 2.75) is 25.9 Å². The second kappa shape index (κ2) is 10.2. The summed E-state index contributed by atoms with van der Waals surface area (Å²) in [4.78, 5) is 17.6. The number of pyridine rings is 1. The number of ether oxygens (including phenoxy) is 1. The van der Waals surface area contributed by atoms with E-state index in [-0.39, 0.29) is 12.2 Å². The smallest absolute Gasteiger partial charge is 0.304 e. The Hall–Kier alpha value is -2.82. The molecule has 8 nitrogen and oxygen atoms in total. The van der Waals surface area contributed by atoms with E-state index in [1.54, 1.807) is 12.3 Å². The lowest BCUT2D eigenvalue weighted by molar-refractivity contribution is -0.137. The number of aromatic nitrogens is 1. The number of nitrogens with zero attached hydrogens (tertiary/aromatic N) is 2. The topological polar surface area (TPSA) is 117 Å². The standard InChI is InChI=1S/C21H21FN2O3.CH4O3S/c22-16-3-4-17-18(12-16)27-13-15-2-1-8-23-21(15)20(17)14-5-9-24(10-6-14)11-7-19(25)26;1-5(2,3)4/h1-4,8,12H,5-7,9-11,13H2,(H,25,26);1H3,(H,2,3,4). The van der Waals surface area contributed by atoms with Crippen molar-refractivity contribution in [3.8, 4) is 5.75 Å². The SMILES string of the molecule is CS(=O)(=O)O.O=C(O)CCN1CCC(=C2c3ccc(F)cc3OCc3cccnc32)CC1. The number of piperidine rings is 1. The molecule has 0 amide bonds. The number of rotatable bonds is 3. The van der Waals surface area contributed by atoms with E-state index in [9.17, 15) is 17.6 Å². The number of fused-ring (bicyclic) bond motifs is 2. The normalized spacial score (nSPS) is 16.1. The van der Waals surface area contributed by atoms with Crippen LogP contribution in [0, 0.1) is 5.82 Å². The minimum atomic E-state index is -3.67. The van der Waals surface area contributed by atoms with Gasteiger partial charge in [0, 0.05) is 48.6 Å². The zero-order valence-corrected chi connectivity index (χ0v) is 18.4. The fourth-order valence-corrected chi connectivity index (χ4v) is 3.79. The first-order valence-electron chi connectivity index (χ1n) is 10.1. The molecule has 0 atom stereocenters. The number of carboxylic acid groups (broad SMARTS) is 1. The molecule has 1 fully saturated rings. The van der Waals surface area contributed by atoms with Crippen molar-refractivity contribution in [3.05, 3.63) is 64.7 Å². The van der Waals surface area contributed by atoms with Gasteiger partial charge >= 0.3 is 5.97 Å². The Morgan fingerprint density at radius 1 is 1.25 bits per heavy atom. The Morgan fingerprint density at radius 3 is 2.59 bits per heavy atom. The molecule has 0 bridgehead atoms. The summed E-state index contributed by atoms with van der Waals surface area (Å²) >= 11 is 0. The number of hydrogen-bond acceptors (Lipinski definition) is 6. The summed E-state index contributed by atoms with van der Waals surface area (Å²) in [6.45, 7) is 2.55. The zero-order valence-electron chi connectivity index (χ0n) is 17.6. The van der Waals surface area contributed by atoms with Crippen LogP contribution >= 0.6 is 0 Å². The van der Waals surface area contributed by atoms with Crippen LogP contribution in [-0.2, 0) is 21.5 Å². The Kier molecular flexibility index (Phi) is 7.60. The lowest BCUT2D eigenvalue weighted by Gasteiger charge is -2.29. The number of carbonyl (C=O) groups is 1. The van der Waals surface area contributed by atoms with Crippen molar-refractivity contribution in [2.24, 2.45) is 0 Å². The number of aliphatic carboxylic acids is 1. The summed E-state index contributed by atoms with van der Waals surface area (Å²) in [5.41, 5.74) is 5.07. The molecule has 4 rings (SSSR count). The molecule has 10 heteroatoms. The van der Waals surface area contributed by atoms with E-state index >= 15 is 0 Å². The van der Waals surface area contributed by atoms with Crippen molar-refractivity contribution in [2.75, 3.05) is 25.9 Å². The largest absolute Gasteiger partial charge is 0.488 e. The maximum atomic E-state index is 13.8. The molecule has 0 spiro atoms. The molecule has 0 saturated carbocycles. The third-order valence-corrected chi connectivity index (χ3v) is 5.18. The van der Waals surface area contributed by atoms with Gasteiger partial charge in [-0.15, -0.1) is 0 Å². The third-order valence-electron chi connectivity index (χ3n) is 5.18. The fraction of sp³-hybridized carbons (Fsp3) is 0.364. The molecule has 32 heavy (non-hydrogen) atoms. The van der Waals surface area contributed by atoms with Gasteiger partial charge in [0.25, 0.3) is 10.1 Å². The van der Waals surface area contributed by atoms with Crippen LogP contribution in [0.1, 0.15) is 36.1 Å². The number of benzene rings is 1. The van der Waals surface area contributed by atoms with Crippen LogP contribution in [0.15, 0.2) is 42.1 Å². The summed E-state index contributed by atoms with van der Waals surface area (Å²) < 4.78 is 45.5. The first kappa shape index (κ1) is 23.8. The van der Waals surface area contributed by atoms with Crippen molar-refractivity contribution >= 4 is 21.7 Å². The summed E-state index contributed by atoms with van der Waals surface area (Å²) in [5.74, 6) is -0.543. The molecule has 0 radical (unpaired) electrons. The summed E-state index contributed by atoms with van der Waals surface area (Å²) in [7, 11) is -3.67. The van der Waals surface area contributed by atoms with Gasteiger partial charge in [-0.3, -0.25) is 14.3 Å². The van der Waals surface area contributed by atoms with Crippen molar-refractivity contribution < 1.29 is 32.0 Å². The molecule has 1 saturated heterocycles. The number of carboxylic acids is 1. The van der Waals surface area contributed by atoms with Crippen LogP contribution in [-0.4, -0.2) is 59.8 Å². The van der Waals surface area contributed by atoms with E-state index in [0.29, 0.717) is 25.2 Å². The first-order chi connectivity index (χ1) is 15.1. The molecule has 1 aromatic heterocycles. The van der Waals surface area contributed by atoms with Gasteiger partial charge in [-0.1, -0.05) is 11.6 Å². The average Bonchev–Trinajstić information content (AvgIpc) is 2.88. The Labute approximate surface area is 186 Å². The van der Waals surface area contributed by atoms with Gasteiger partial charge in [0.1, 0.15) is 18.2 Å². The van der Waals surface area contributed by atoms with E-state index in [0.717, 1.165) is 48.3 Å². The lowest BCUT2D eigenvalue weighted by atomic mass is 9.89. The second-order valence-electron chi connectivity index (χ2n) is 7.64. The predicted octanol–water partition coefficient (Wildman–Crippen LogP) is 2.99. The molecule has 2 aromatic rings. The maximum Gasteiger partial charge on any atom is 0.304 e. The molecule has 0 unspecified atom stereocenters. The van der Waals surface area contributed by atoms with E-state index < -0.39 is 16.1 Å². The summed E-state index contributed by atoms with van der Waals surface area (Å²) in [6, 6.07) is 8.54. The van der Waals surface area contributed by atoms with E-state index in [2.05, 4.69) is 9.88 Å². The highest BCUT2D eigenvalue weighted by Gasteiger charge is 2.26. The van der Waals surface area contributed by atoms with E-state index in [1.165, 1.54) is 17.7 Å². The van der Waals surface area contributed by atoms with Crippen molar-refractivity contribution in [3.63, 3.8) is 0 Å². The third kappa shape index (κ3) is 6.59. The Morgan fingerprint density at radius 2 is 1.94 bits per heavy atom. The summed E-state index contributed by atoms with van der Waals surface area (Å²) in [5, 5.41) is 8.88. The summed E-state index contributed by atoms with van der Waals surface area (Å²) in [6.07, 6.45) is 4.32. The van der Waals surface area contributed by atoms with E-state index in [4.69, 9.17) is 14.4 Å². The van der Waals surface area contributed by atoms with Gasteiger partial charge in [-0.05, 0) is 31.0 Å². The highest BCUT2D eigenvalue weighted by atomic mass is 32.2. The van der Waals surface area contributed by atoms with Crippen LogP contribution < -0.4 is 4.74 Å². The zero-order chi connectivity index (χ0) is 23.3. The first-order valence-corrected chi connectivity index (χ1v) is 11.9.